The molecule has 0 aliphatic rings. The summed E-state index contributed by atoms with van der Waals surface area (Å²) in [4.78, 5) is 18.3. The molecule has 0 saturated carbocycles. The molecule has 0 saturated heterocycles. The van der Waals surface area contributed by atoms with E-state index in [0.717, 1.165) is 5.56 Å². The van der Waals surface area contributed by atoms with Gasteiger partial charge in [-0.3, -0.25) is 9.78 Å². The molecule has 1 aromatic carbocycles. The highest BCUT2D eigenvalue weighted by molar-refractivity contribution is 5.30. The van der Waals surface area contributed by atoms with Gasteiger partial charge in [-0.25, -0.2) is 4.98 Å². The first-order valence-corrected chi connectivity index (χ1v) is 5.06. The molecule has 0 bridgehead atoms. The van der Waals surface area contributed by atoms with E-state index in [1.165, 1.54) is 0 Å². The van der Waals surface area contributed by atoms with E-state index in [9.17, 15) is 4.79 Å². The second-order valence-corrected chi connectivity index (χ2v) is 3.68. The summed E-state index contributed by atoms with van der Waals surface area (Å²) in [6, 6.07) is 9.81. The van der Waals surface area contributed by atoms with Crippen LogP contribution in [0.2, 0.25) is 0 Å². The number of aromatic nitrogens is 2. The fourth-order valence-electron chi connectivity index (χ4n) is 1.64. The van der Waals surface area contributed by atoms with E-state index in [0.29, 0.717) is 17.7 Å². The van der Waals surface area contributed by atoms with Crippen molar-refractivity contribution < 1.29 is 0 Å². The smallest absolute Gasteiger partial charge is 0.256 e. The summed E-state index contributed by atoms with van der Waals surface area (Å²) in [5.41, 5.74) is 7.73. The van der Waals surface area contributed by atoms with Crippen molar-refractivity contribution in [2.45, 2.75) is 13.3 Å². The molecule has 2 aromatic rings. The monoisotopic (exact) mass is 215 g/mol. The molecule has 4 nitrogen and oxygen atoms in total. The van der Waals surface area contributed by atoms with Crippen LogP contribution in [0.25, 0.3) is 0 Å². The van der Waals surface area contributed by atoms with Crippen molar-refractivity contribution in [3.8, 4) is 0 Å². The summed E-state index contributed by atoms with van der Waals surface area (Å²) in [5, 5.41) is 0. The molecule has 0 aliphatic carbocycles. The summed E-state index contributed by atoms with van der Waals surface area (Å²) < 4.78 is 0. The number of rotatable bonds is 2. The molecule has 0 atom stereocenters. The zero-order valence-corrected chi connectivity index (χ0v) is 9.03. The highest BCUT2D eigenvalue weighted by Crippen LogP contribution is 2.08. The lowest BCUT2D eigenvalue weighted by Gasteiger charge is -2.04. The van der Waals surface area contributed by atoms with Crippen molar-refractivity contribution in [2.24, 2.45) is 0 Å². The molecule has 2 rings (SSSR count). The average Bonchev–Trinajstić information content (AvgIpc) is 2.25. The van der Waals surface area contributed by atoms with E-state index in [1.807, 2.05) is 30.3 Å². The van der Waals surface area contributed by atoms with Crippen molar-refractivity contribution in [1.82, 2.24) is 9.97 Å². The molecule has 0 unspecified atom stereocenters. The highest BCUT2D eigenvalue weighted by atomic mass is 16.1. The molecule has 0 fully saturated rings. The molecule has 3 N–H and O–H groups in total. The third-order valence-corrected chi connectivity index (χ3v) is 2.46. The maximum absolute atomic E-state index is 11.7. The lowest BCUT2D eigenvalue weighted by molar-refractivity contribution is 0.991. The van der Waals surface area contributed by atoms with Crippen LogP contribution in [-0.2, 0) is 6.42 Å². The van der Waals surface area contributed by atoms with Gasteiger partial charge in [-0.05, 0) is 12.5 Å². The van der Waals surface area contributed by atoms with Gasteiger partial charge < -0.3 is 5.73 Å². The number of nitrogens with one attached hydrogen (secondary N) is 1. The summed E-state index contributed by atoms with van der Waals surface area (Å²) in [6.07, 6.45) is 0.579. The van der Waals surface area contributed by atoms with E-state index in [2.05, 4.69) is 9.97 Å². The second-order valence-electron chi connectivity index (χ2n) is 3.68. The minimum atomic E-state index is -0.158. The van der Waals surface area contributed by atoms with Crippen LogP contribution < -0.4 is 11.3 Å². The first kappa shape index (κ1) is 10.4. The number of H-pyrrole nitrogens is 1. The predicted octanol–water partition coefficient (Wildman–Crippen LogP) is 1.25. The van der Waals surface area contributed by atoms with Crippen LogP contribution in [0.15, 0.2) is 35.1 Å². The fourth-order valence-corrected chi connectivity index (χ4v) is 1.64. The van der Waals surface area contributed by atoms with Crippen molar-refractivity contribution >= 4 is 5.95 Å². The van der Waals surface area contributed by atoms with E-state index in [1.54, 1.807) is 6.92 Å². The van der Waals surface area contributed by atoms with Crippen LogP contribution in [0.3, 0.4) is 0 Å². The Morgan fingerprint density at radius 2 is 2.00 bits per heavy atom. The molecule has 1 heterocycles. The zero-order valence-electron chi connectivity index (χ0n) is 9.03. The van der Waals surface area contributed by atoms with Gasteiger partial charge >= 0.3 is 0 Å². The van der Waals surface area contributed by atoms with Crippen molar-refractivity contribution in [1.29, 1.82) is 0 Å². The Morgan fingerprint density at radius 1 is 1.31 bits per heavy atom. The van der Waals surface area contributed by atoms with Crippen LogP contribution in [-0.4, -0.2) is 9.97 Å². The van der Waals surface area contributed by atoms with Crippen LogP contribution in [0.1, 0.15) is 16.8 Å². The quantitative estimate of drug-likeness (QED) is 0.792. The maximum Gasteiger partial charge on any atom is 0.256 e. The number of hydrogen-bond acceptors (Lipinski definition) is 3. The largest absolute Gasteiger partial charge is 0.369 e. The number of aromatic amines is 1. The predicted molar refractivity (Wildman–Crippen MR) is 63.3 cm³/mol. The van der Waals surface area contributed by atoms with Gasteiger partial charge in [0, 0.05) is 12.0 Å². The first-order chi connectivity index (χ1) is 7.66. The van der Waals surface area contributed by atoms with E-state index >= 15 is 0 Å². The molecule has 0 amide bonds. The maximum atomic E-state index is 11.7. The van der Waals surface area contributed by atoms with Crippen molar-refractivity contribution in [3.63, 3.8) is 0 Å². The number of anilines is 1. The molecule has 82 valence electrons. The van der Waals surface area contributed by atoms with Gasteiger partial charge in [0.15, 0.2) is 0 Å². The molecular weight excluding hydrogens is 202 g/mol. The minimum Gasteiger partial charge on any atom is -0.369 e. The third kappa shape index (κ3) is 2.11. The van der Waals surface area contributed by atoms with Crippen molar-refractivity contribution in [3.05, 3.63) is 57.5 Å². The molecule has 0 aliphatic heterocycles. The van der Waals surface area contributed by atoms with Gasteiger partial charge in [0.1, 0.15) is 0 Å². The molecular formula is C12H13N3O. The lowest BCUT2D eigenvalue weighted by atomic mass is 10.1. The van der Waals surface area contributed by atoms with Crippen LogP contribution >= 0.6 is 0 Å². The van der Waals surface area contributed by atoms with Gasteiger partial charge in [0.25, 0.3) is 5.56 Å². The standard InChI is InChI=1S/C12H13N3O/c1-8-10(11(16)15-12(13)14-8)7-9-5-3-2-4-6-9/h2-6H,7H2,1H3,(H3,13,14,15,16). The molecule has 16 heavy (non-hydrogen) atoms. The Kier molecular flexibility index (Phi) is 2.72. The average molecular weight is 215 g/mol. The van der Waals surface area contributed by atoms with Gasteiger partial charge in [-0.2, -0.15) is 0 Å². The highest BCUT2D eigenvalue weighted by Gasteiger charge is 2.07. The third-order valence-electron chi connectivity index (χ3n) is 2.46. The molecule has 0 radical (unpaired) electrons. The Morgan fingerprint density at radius 3 is 2.62 bits per heavy atom. The zero-order chi connectivity index (χ0) is 11.5. The number of nitrogens with zero attached hydrogens (tertiary/aromatic N) is 1. The summed E-state index contributed by atoms with van der Waals surface area (Å²) in [6.45, 7) is 1.80. The van der Waals surface area contributed by atoms with Crippen LogP contribution in [0, 0.1) is 6.92 Å². The minimum absolute atomic E-state index is 0.158. The molecule has 0 spiro atoms. The number of nitrogen functional groups attached to an aromatic ring is 1. The first-order valence-electron chi connectivity index (χ1n) is 5.06. The summed E-state index contributed by atoms with van der Waals surface area (Å²) in [5.74, 6) is 0.166. The normalized spacial score (nSPS) is 10.3. The van der Waals surface area contributed by atoms with E-state index in [-0.39, 0.29) is 11.5 Å². The van der Waals surface area contributed by atoms with Gasteiger partial charge in [-0.1, -0.05) is 30.3 Å². The molecule has 1 aromatic heterocycles. The number of benzene rings is 1. The Bertz CT molecular complexity index is 546. The van der Waals surface area contributed by atoms with E-state index < -0.39 is 0 Å². The lowest BCUT2D eigenvalue weighted by Crippen LogP contribution is -2.18. The number of hydrogen-bond donors (Lipinski definition) is 2. The van der Waals surface area contributed by atoms with E-state index in [4.69, 9.17) is 5.73 Å². The van der Waals surface area contributed by atoms with Crippen LogP contribution in [0.4, 0.5) is 5.95 Å². The second kappa shape index (κ2) is 4.18. The van der Waals surface area contributed by atoms with Gasteiger partial charge in [0.05, 0.1) is 5.69 Å². The summed E-state index contributed by atoms with van der Waals surface area (Å²) >= 11 is 0. The Hall–Kier alpha value is -2.10. The topological polar surface area (TPSA) is 71.8 Å². The van der Waals surface area contributed by atoms with Gasteiger partial charge in [-0.15, -0.1) is 0 Å². The number of nitrogens with two attached hydrogens (primary N) is 1. The summed E-state index contributed by atoms with van der Waals surface area (Å²) in [7, 11) is 0. The number of aryl methyl sites for hydroxylation is 1. The molecule has 4 heteroatoms. The van der Waals surface area contributed by atoms with Crippen LogP contribution in [0.5, 0.6) is 0 Å². The fraction of sp³-hybridized carbons (Fsp3) is 0.167. The SMILES string of the molecule is Cc1nc(N)[nH]c(=O)c1Cc1ccccc1. The van der Waals surface area contributed by atoms with Crippen molar-refractivity contribution in [2.75, 3.05) is 5.73 Å². The Labute approximate surface area is 93.2 Å². The Balaban J connectivity index is 2.39. The van der Waals surface area contributed by atoms with Gasteiger partial charge in [0.2, 0.25) is 5.95 Å².